The third-order valence-electron chi connectivity index (χ3n) is 4.15. The molecule has 0 fully saturated rings. The molecule has 2 unspecified atom stereocenters. The average molecular weight is 242 g/mol. The minimum absolute atomic E-state index is 0.313. The maximum Gasteiger partial charge on any atom is 0.0489 e. The Morgan fingerprint density at radius 1 is 0.947 bits per heavy atom. The predicted molar refractivity (Wildman–Crippen MR) is 81.7 cm³/mol. The summed E-state index contributed by atoms with van der Waals surface area (Å²) in [6.07, 6.45) is 9.05. The Bertz CT molecular complexity index is 794. The molecule has 0 saturated carbocycles. The van der Waals surface area contributed by atoms with Crippen LogP contribution in [0.1, 0.15) is 29.5 Å². The molecule has 2 aliphatic rings. The minimum atomic E-state index is 0.313. The lowest BCUT2D eigenvalue weighted by Crippen LogP contribution is -2.15. The second-order valence-electron chi connectivity index (χ2n) is 5.18. The van der Waals surface area contributed by atoms with Crippen molar-refractivity contribution in [1.82, 2.24) is 0 Å². The van der Waals surface area contributed by atoms with Crippen molar-refractivity contribution < 1.29 is 0 Å². The number of allylic oxidation sites excluding steroid dienone is 2. The van der Waals surface area contributed by atoms with Crippen LogP contribution in [-0.2, 0) is 0 Å². The lowest BCUT2D eigenvalue weighted by molar-refractivity contribution is 0.726. The van der Waals surface area contributed by atoms with Gasteiger partial charge in [-0.1, -0.05) is 60.6 Å². The summed E-state index contributed by atoms with van der Waals surface area (Å²) in [7, 11) is 0. The van der Waals surface area contributed by atoms with Crippen LogP contribution in [-0.4, -0.2) is 0 Å². The summed E-state index contributed by atoms with van der Waals surface area (Å²) < 4.78 is 0. The molecule has 4 rings (SSSR count). The molecule has 0 spiro atoms. The van der Waals surface area contributed by atoms with Crippen molar-refractivity contribution in [3.63, 3.8) is 0 Å². The van der Waals surface area contributed by atoms with Gasteiger partial charge in [0.15, 0.2) is 0 Å². The maximum atomic E-state index is 3.33. The fourth-order valence-corrected chi connectivity index (χ4v) is 3.33. The summed E-state index contributed by atoms with van der Waals surface area (Å²) >= 11 is 0. The number of rotatable bonds is 0. The first-order valence-corrected chi connectivity index (χ1v) is 6.73. The van der Waals surface area contributed by atoms with Crippen LogP contribution in [0.4, 0.5) is 0 Å². The van der Waals surface area contributed by atoms with Gasteiger partial charge < -0.3 is 0 Å². The van der Waals surface area contributed by atoms with E-state index in [0.29, 0.717) is 11.8 Å². The zero-order valence-corrected chi connectivity index (χ0v) is 10.9. The smallest absolute Gasteiger partial charge is 0.0489 e. The van der Waals surface area contributed by atoms with E-state index in [2.05, 4.69) is 66.5 Å². The summed E-state index contributed by atoms with van der Waals surface area (Å²) in [5.74, 6) is 7.12. The van der Waals surface area contributed by atoms with Gasteiger partial charge in [0.25, 0.3) is 0 Å². The summed E-state index contributed by atoms with van der Waals surface area (Å²) in [4.78, 5) is 0. The van der Waals surface area contributed by atoms with Crippen LogP contribution in [0, 0.1) is 17.8 Å². The summed E-state index contributed by atoms with van der Waals surface area (Å²) in [6, 6.07) is 11.0. The van der Waals surface area contributed by atoms with Crippen molar-refractivity contribution >= 4 is 22.9 Å². The molecule has 0 heteroatoms. The van der Waals surface area contributed by atoms with Crippen molar-refractivity contribution in [2.24, 2.45) is 5.92 Å². The van der Waals surface area contributed by atoms with Crippen LogP contribution in [0.15, 0.2) is 42.5 Å². The monoisotopic (exact) mass is 242 g/mol. The Morgan fingerprint density at radius 3 is 2.74 bits per heavy atom. The zero-order chi connectivity index (χ0) is 12.8. The molecule has 0 N–H and O–H groups in total. The second kappa shape index (κ2) is 3.87. The molecule has 0 amide bonds. The topological polar surface area (TPSA) is 0 Å². The van der Waals surface area contributed by atoms with Gasteiger partial charge in [-0.05, 0) is 34.4 Å². The highest BCUT2D eigenvalue weighted by Gasteiger charge is 2.27. The number of hydrogen-bond donors (Lipinski definition) is 0. The third-order valence-corrected chi connectivity index (χ3v) is 4.15. The van der Waals surface area contributed by atoms with E-state index in [9.17, 15) is 0 Å². The molecule has 0 saturated heterocycles. The molecular weight excluding hydrogens is 228 g/mol. The maximum absolute atomic E-state index is 3.33. The van der Waals surface area contributed by atoms with Crippen LogP contribution >= 0.6 is 0 Å². The number of hydrogen-bond acceptors (Lipinski definition) is 0. The highest BCUT2D eigenvalue weighted by atomic mass is 14.3. The molecule has 19 heavy (non-hydrogen) atoms. The highest BCUT2D eigenvalue weighted by molar-refractivity contribution is 5.98. The predicted octanol–water partition coefficient (Wildman–Crippen LogP) is 4.62. The van der Waals surface area contributed by atoms with Crippen molar-refractivity contribution in [3.8, 4) is 11.8 Å². The van der Waals surface area contributed by atoms with Gasteiger partial charge in [0.2, 0.25) is 0 Å². The molecule has 0 nitrogen and oxygen atoms in total. The third kappa shape index (κ3) is 1.42. The highest BCUT2D eigenvalue weighted by Crippen LogP contribution is 2.43. The quantitative estimate of drug-likeness (QED) is 0.591. The van der Waals surface area contributed by atoms with E-state index in [-0.39, 0.29) is 0 Å². The van der Waals surface area contributed by atoms with Gasteiger partial charge in [0.05, 0.1) is 0 Å². The van der Waals surface area contributed by atoms with E-state index in [1.54, 1.807) is 0 Å². The minimum Gasteiger partial charge on any atom is -0.106 e. The Morgan fingerprint density at radius 2 is 1.84 bits per heavy atom. The molecule has 2 aromatic carbocycles. The molecule has 0 aromatic heterocycles. The Kier molecular flexibility index (Phi) is 2.17. The van der Waals surface area contributed by atoms with Gasteiger partial charge in [0, 0.05) is 11.8 Å². The van der Waals surface area contributed by atoms with Crippen LogP contribution in [0.25, 0.3) is 22.9 Å². The van der Waals surface area contributed by atoms with Crippen molar-refractivity contribution in [2.45, 2.75) is 12.8 Å². The molecule has 0 radical (unpaired) electrons. The first kappa shape index (κ1) is 10.6. The summed E-state index contributed by atoms with van der Waals surface area (Å²) in [5.41, 5.74) is 4.15. The van der Waals surface area contributed by atoms with Crippen molar-refractivity contribution in [3.05, 3.63) is 59.2 Å². The van der Waals surface area contributed by atoms with Gasteiger partial charge >= 0.3 is 0 Å². The fourth-order valence-electron chi connectivity index (χ4n) is 3.33. The zero-order valence-electron chi connectivity index (χ0n) is 10.9. The van der Waals surface area contributed by atoms with E-state index in [4.69, 9.17) is 0 Å². The lowest BCUT2D eigenvalue weighted by atomic mass is 9.74. The van der Waals surface area contributed by atoms with Gasteiger partial charge in [-0.2, -0.15) is 0 Å². The Balaban J connectivity index is 2.10. The molecule has 0 aliphatic heterocycles. The Labute approximate surface area is 113 Å². The standard InChI is InChI=1S/C19H14/c1-2-4-13-7-8-16-10-9-14-5-3-6-15-11-12-17(13)19(16)18(14)15/h3,5-13,17H,1H3. The molecule has 90 valence electrons. The Hall–Kier alpha value is -2.26. The van der Waals surface area contributed by atoms with Gasteiger partial charge in [0.1, 0.15) is 0 Å². The van der Waals surface area contributed by atoms with E-state index in [0.717, 1.165) is 0 Å². The average Bonchev–Trinajstić information content (AvgIpc) is 2.46. The van der Waals surface area contributed by atoms with Crippen molar-refractivity contribution in [2.75, 3.05) is 0 Å². The molecular formula is C19H14. The first-order valence-electron chi connectivity index (χ1n) is 6.73. The van der Waals surface area contributed by atoms with E-state index in [1.165, 1.54) is 27.5 Å². The lowest BCUT2D eigenvalue weighted by Gasteiger charge is -2.29. The van der Waals surface area contributed by atoms with E-state index >= 15 is 0 Å². The van der Waals surface area contributed by atoms with Crippen molar-refractivity contribution in [1.29, 1.82) is 0 Å². The van der Waals surface area contributed by atoms with E-state index in [1.807, 2.05) is 6.92 Å². The van der Waals surface area contributed by atoms with Gasteiger partial charge in [-0.15, -0.1) is 5.92 Å². The number of benzene rings is 2. The van der Waals surface area contributed by atoms with Gasteiger partial charge in [-0.25, -0.2) is 0 Å². The van der Waals surface area contributed by atoms with Crippen LogP contribution in [0.5, 0.6) is 0 Å². The van der Waals surface area contributed by atoms with Crippen LogP contribution in [0.2, 0.25) is 0 Å². The van der Waals surface area contributed by atoms with Crippen LogP contribution in [0.3, 0.4) is 0 Å². The molecule has 2 atom stereocenters. The van der Waals surface area contributed by atoms with Gasteiger partial charge in [-0.3, -0.25) is 0 Å². The van der Waals surface area contributed by atoms with Crippen LogP contribution < -0.4 is 0 Å². The molecule has 0 heterocycles. The normalized spacial score (nSPS) is 22.2. The fraction of sp³-hybridized carbons (Fsp3) is 0.158. The molecule has 0 bridgehead atoms. The second-order valence-corrected chi connectivity index (χ2v) is 5.18. The largest absolute Gasteiger partial charge is 0.106 e. The first-order chi connectivity index (χ1) is 9.38. The molecule has 2 aliphatic carbocycles. The van der Waals surface area contributed by atoms with E-state index < -0.39 is 0 Å². The SMILES string of the molecule is CC#CC1C=Cc2ccc3cccc4c3c2C1C=C4. The summed E-state index contributed by atoms with van der Waals surface area (Å²) in [6.45, 7) is 1.92. The molecule has 2 aromatic rings. The summed E-state index contributed by atoms with van der Waals surface area (Å²) in [5, 5.41) is 2.75.